The lowest BCUT2D eigenvalue weighted by Gasteiger charge is -2.38. The highest BCUT2D eigenvalue weighted by Gasteiger charge is 2.28. The van der Waals surface area contributed by atoms with Crippen LogP contribution >= 0.6 is 22.7 Å². The Hall–Kier alpha value is -3.12. The minimum atomic E-state index is -0.197. The van der Waals surface area contributed by atoms with Gasteiger partial charge < -0.3 is 19.6 Å². The van der Waals surface area contributed by atoms with E-state index in [1.165, 1.54) is 11.1 Å². The molecule has 0 saturated heterocycles. The molecule has 0 aromatic carbocycles. The molecule has 0 saturated carbocycles. The maximum Gasteiger partial charge on any atom is 0.205 e. The maximum absolute atomic E-state index is 5.00. The molecule has 2 aliphatic rings. The highest BCUT2D eigenvalue weighted by atomic mass is 32.1. The van der Waals surface area contributed by atoms with E-state index in [1.54, 1.807) is 22.7 Å². The van der Waals surface area contributed by atoms with E-state index >= 15 is 0 Å². The van der Waals surface area contributed by atoms with Crippen LogP contribution < -0.4 is 5.32 Å². The number of rotatable bonds is 7. The standard InChI is InChI=1S/C25H38N10S2/c1-18-26-24(32(4)5)34(7)25(27-18)35(15-20-10-13-37-17-20)11-8-21-28-22(31(2)3)30-23(29-21)33(6)14-19-9-12-36-16-19/h9-10,12-13,16-18,21H,8,11,14-15H2,1-7H3,(H,28,29,30). The summed E-state index contributed by atoms with van der Waals surface area (Å²) in [7, 11) is 12.1. The van der Waals surface area contributed by atoms with Gasteiger partial charge in [-0.2, -0.15) is 22.7 Å². The van der Waals surface area contributed by atoms with Gasteiger partial charge in [0, 0.05) is 68.3 Å². The molecule has 200 valence electrons. The van der Waals surface area contributed by atoms with Crippen LogP contribution in [0.5, 0.6) is 0 Å². The molecule has 2 unspecified atom stereocenters. The molecular formula is C25H38N10S2. The zero-order valence-corrected chi connectivity index (χ0v) is 24.4. The predicted octanol–water partition coefficient (Wildman–Crippen LogP) is 2.90. The number of aliphatic imine (C=N–C) groups is 4. The summed E-state index contributed by atoms with van der Waals surface area (Å²) in [6, 6.07) is 4.33. The number of hydrogen-bond donors (Lipinski definition) is 1. The van der Waals surface area contributed by atoms with Gasteiger partial charge in [-0.1, -0.05) is 0 Å². The lowest BCUT2D eigenvalue weighted by Crippen LogP contribution is -2.52. The second kappa shape index (κ2) is 12.0. The molecule has 0 radical (unpaired) electrons. The van der Waals surface area contributed by atoms with Gasteiger partial charge in [0.25, 0.3) is 0 Å². The zero-order valence-electron chi connectivity index (χ0n) is 22.8. The highest BCUT2D eigenvalue weighted by molar-refractivity contribution is 7.08. The van der Waals surface area contributed by atoms with Gasteiger partial charge in [-0.25, -0.2) is 20.0 Å². The van der Waals surface area contributed by atoms with Crippen LogP contribution in [-0.4, -0.2) is 110 Å². The number of hydrogen-bond acceptors (Lipinski definition) is 12. The van der Waals surface area contributed by atoms with E-state index in [2.05, 4.69) is 60.7 Å². The Labute approximate surface area is 228 Å². The molecule has 0 amide bonds. The van der Waals surface area contributed by atoms with Gasteiger partial charge in [-0.3, -0.25) is 10.2 Å². The van der Waals surface area contributed by atoms with Crippen molar-refractivity contribution < 1.29 is 0 Å². The van der Waals surface area contributed by atoms with E-state index in [0.717, 1.165) is 49.9 Å². The van der Waals surface area contributed by atoms with Crippen molar-refractivity contribution in [2.45, 2.75) is 38.8 Å². The maximum atomic E-state index is 5.00. The largest absolute Gasteiger partial charge is 0.349 e. The molecule has 0 fully saturated rings. The molecule has 10 nitrogen and oxygen atoms in total. The molecule has 2 atom stereocenters. The number of nitrogens with one attached hydrogen (secondary N) is 1. The van der Waals surface area contributed by atoms with Crippen molar-refractivity contribution >= 4 is 46.5 Å². The van der Waals surface area contributed by atoms with Gasteiger partial charge in [0.05, 0.1) is 0 Å². The highest BCUT2D eigenvalue weighted by Crippen LogP contribution is 2.18. The Balaban J connectivity index is 1.54. The minimum absolute atomic E-state index is 0.138. The first-order valence-electron chi connectivity index (χ1n) is 12.4. The van der Waals surface area contributed by atoms with E-state index in [1.807, 2.05) is 52.0 Å². The average molecular weight is 543 g/mol. The smallest absolute Gasteiger partial charge is 0.205 e. The predicted molar refractivity (Wildman–Crippen MR) is 156 cm³/mol. The molecule has 12 heteroatoms. The fourth-order valence-corrected chi connectivity index (χ4v) is 5.54. The fourth-order valence-electron chi connectivity index (χ4n) is 4.22. The van der Waals surface area contributed by atoms with Crippen LogP contribution in [-0.2, 0) is 13.1 Å². The van der Waals surface area contributed by atoms with Crippen molar-refractivity contribution in [3.63, 3.8) is 0 Å². The van der Waals surface area contributed by atoms with Crippen LogP contribution in [0.3, 0.4) is 0 Å². The summed E-state index contributed by atoms with van der Waals surface area (Å²) < 4.78 is 0. The first-order chi connectivity index (χ1) is 17.7. The van der Waals surface area contributed by atoms with E-state index in [4.69, 9.17) is 20.0 Å². The monoisotopic (exact) mass is 542 g/mol. The van der Waals surface area contributed by atoms with Crippen LogP contribution in [0.2, 0.25) is 0 Å². The molecule has 4 rings (SSSR count). The lowest BCUT2D eigenvalue weighted by atomic mass is 10.2. The zero-order chi connectivity index (χ0) is 26.5. The third-order valence-electron chi connectivity index (χ3n) is 6.05. The van der Waals surface area contributed by atoms with Crippen LogP contribution in [0.15, 0.2) is 53.6 Å². The molecule has 1 N–H and O–H groups in total. The molecule has 4 heterocycles. The Bertz CT molecular complexity index is 1130. The number of thiophene rings is 2. The first kappa shape index (κ1) is 26.9. The van der Waals surface area contributed by atoms with Crippen LogP contribution in [0.1, 0.15) is 24.5 Å². The third kappa shape index (κ3) is 6.80. The first-order valence-corrected chi connectivity index (χ1v) is 14.2. The molecular weight excluding hydrogens is 504 g/mol. The van der Waals surface area contributed by atoms with E-state index < -0.39 is 0 Å². The number of nitrogens with zero attached hydrogens (tertiary/aromatic N) is 9. The van der Waals surface area contributed by atoms with Crippen LogP contribution in [0.25, 0.3) is 0 Å². The Morgan fingerprint density at radius 1 is 0.838 bits per heavy atom. The fraction of sp³-hybridized carbons (Fsp3) is 0.520. The van der Waals surface area contributed by atoms with Gasteiger partial charge in [0.15, 0.2) is 0 Å². The van der Waals surface area contributed by atoms with Crippen molar-refractivity contribution in [3.05, 3.63) is 44.8 Å². The summed E-state index contributed by atoms with van der Waals surface area (Å²) in [6.45, 7) is 4.34. The van der Waals surface area contributed by atoms with Crippen molar-refractivity contribution in [2.24, 2.45) is 20.0 Å². The SMILES string of the molecule is CC1N=C(N(C)C)N(C)C(N(CCC2N=C(N(C)C)NC(N(C)Cc3ccsc3)=N2)Cc2ccsc2)=N1. The quantitative estimate of drug-likeness (QED) is 0.580. The van der Waals surface area contributed by atoms with Crippen molar-refractivity contribution in [1.29, 1.82) is 0 Å². The van der Waals surface area contributed by atoms with Crippen molar-refractivity contribution in [1.82, 2.24) is 29.8 Å². The molecule has 2 aromatic rings. The summed E-state index contributed by atoms with van der Waals surface area (Å²) in [4.78, 5) is 30.2. The summed E-state index contributed by atoms with van der Waals surface area (Å²) in [6.07, 6.45) is 0.424. The summed E-state index contributed by atoms with van der Waals surface area (Å²) in [5.41, 5.74) is 2.54. The molecule has 2 aliphatic heterocycles. The summed E-state index contributed by atoms with van der Waals surface area (Å²) in [5, 5.41) is 12.0. The second-order valence-corrected chi connectivity index (χ2v) is 11.2. The molecule has 0 spiro atoms. The Morgan fingerprint density at radius 3 is 2.05 bits per heavy atom. The molecule has 37 heavy (non-hydrogen) atoms. The van der Waals surface area contributed by atoms with Crippen LogP contribution in [0.4, 0.5) is 0 Å². The van der Waals surface area contributed by atoms with Gasteiger partial charge in [0.2, 0.25) is 23.8 Å². The molecule has 0 bridgehead atoms. The van der Waals surface area contributed by atoms with E-state index in [-0.39, 0.29) is 12.3 Å². The van der Waals surface area contributed by atoms with Gasteiger partial charge in [-0.05, 0) is 51.7 Å². The summed E-state index contributed by atoms with van der Waals surface area (Å²) in [5.74, 6) is 3.47. The second-order valence-electron chi connectivity index (χ2n) is 9.68. The number of guanidine groups is 4. The van der Waals surface area contributed by atoms with Gasteiger partial charge in [-0.15, -0.1) is 0 Å². The van der Waals surface area contributed by atoms with E-state index in [0.29, 0.717) is 0 Å². The molecule has 0 aliphatic carbocycles. The average Bonchev–Trinajstić information content (AvgIpc) is 3.57. The third-order valence-corrected chi connectivity index (χ3v) is 7.51. The van der Waals surface area contributed by atoms with Gasteiger partial charge >= 0.3 is 0 Å². The lowest BCUT2D eigenvalue weighted by molar-refractivity contribution is 0.338. The van der Waals surface area contributed by atoms with Crippen LogP contribution in [0, 0.1) is 0 Å². The summed E-state index contributed by atoms with van der Waals surface area (Å²) >= 11 is 3.43. The molecule has 2 aromatic heterocycles. The Kier molecular flexibility index (Phi) is 8.70. The normalized spacial score (nSPS) is 19.4. The van der Waals surface area contributed by atoms with Crippen molar-refractivity contribution in [2.75, 3.05) is 48.8 Å². The van der Waals surface area contributed by atoms with E-state index in [9.17, 15) is 0 Å². The Morgan fingerprint density at radius 2 is 1.46 bits per heavy atom. The van der Waals surface area contributed by atoms with Crippen molar-refractivity contribution in [3.8, 4) is 0 Å². The minimum Gasteiger partial charge on any atom is -0.349 e. The van der Waals surface area contributed by atoms with Gasteiger partial charge in [0.1, 0.15) is 12.3 Å². The topological polar surface area (TPSA) is 77.7 Å².